The second-order valence-electron chi connectivity index (χ2n) is 6.23. The summed E-state index contributed by atoms with van der Waals surface area (Å²) in [6.07, 6.45) is 2.46. The summed E-state index contributed by atoms with van der Waals surface area (Å²) in [5.41, 5.74) is 1.12. The van der Waals surface area contributed by atoms with E-state index in [0.717, 1.165) is 17.7 Å². The number of aliphatic imine (C=N–C) groups is 1. The molecule has 0 saturated heterocycles. The van der Waals surface area contributed by atoms with Crippen LogP contribution < -0.4 is 10.6 Å². The molecule has 1 heterocycles. The molecule has 7 nitrogen and oxygen atoms in total. The number of likely N-dealkylation sites (N-methyl/N-ethyl adjacent to an activating group) is 1. The van der Waals surface area contributed by atoms with Crippen LogP contribution in [-0.4, -0.2) is 50.1 Å². The topological polar surface area (TPSA) is 79.1 Å². The number of hydrogen-bond acceptors (Lipinski definition) is 4. The third-order valence-corrected chi connectivity index (χ3v) is 4.16. The van der Waals surface area contributed by atoms with E-state index in [0.29, 0.717) is 38.8 Å². The number of nitrogens with zero attached hydrogens (tertiary/aromatic N) is 2. The van der Waals surface area contributed by atoms with Crippen LogP contribution in [0.4, 0.5) is 0 Å². The van der Waals surface area contributed by atoms with Gasteiger partial charge < -0.3 is 24.7 Å². The second kappa shape index (κ2) is 14.9. The highest BCUT2D eigenvalue weighted by atomic mass is 127. The van der Waals surface area contributed by atoms with Gasteiger partial charge in [-0.25, -0.2) is 0 Å². The molecular weight excluding hydrogens is 483 g/mol. The van der Waals surface area contributed by atoms with Crippen molar-refractivity contribution in [3.63, 3.8) is 0 Å². The molecule has 0 aliphatic rings. The van der Waals surface area contributed by atoms with Gasteiger partial charge in [-0.3, -0.25) is 9.79 Å². The lowest BCUT2D eigenvalue weighted by atomic mass is 10.2. The third-order valence-electron chi connectivity index (χ3n) is 4.16. The van der Waals surface area contributed by atoms with Crippen molar-refractivity contribution in [2.75, 3.05) is 33.3 Å². The predicted octanol–water partition coefficient (Wildman–Crippen LogP) is 3.02. The number of carbonyl (C=O) groups is 1. The van der Waals surface area contributed by atoms with E-state index >= 15 is 0 Å². The first kappa shape index (κ1) is 25.0. The molecule has 0 aliphatic heterocycles. The fraction of sp³-hybridized carbons (Fsp3) is 0.429. The van der Waals surface area contributed by atoms with Crippen LogP contribution in [0.1, 0.15) is 24.7 Å². The van der Waals surface area contributed by atoms with Gasteiger partial charge in [0.2, 0.25) is 5.91 Å². The minimum Gasteiger partial charge on any atom is -0.467 e. The number of ether oxygens (including phenoxy) is 1. The lowest BCUT2D eigenvalue weighted by molar-refractivity contribution is -0.130. The van der Waals surface area contributed by atoms with E-state index in [1.165, 1.54) is 0 Å². The van der Waals surface area contributed by atoms with Crippen molar-refractivity contribution >= 4 is 35.8 Å². The van der Waals surface area contributed by atoms with Crippen LogP contribution in [-0.2, 0) is 22.7 Å². The van der Waals surface area contributed by atoms with E-state index in [1.54, 1.807) is 13.3 Å². The van der Waals surface area contributed by atoms with E-state index in [9.17, 15) is 4.79 Å². The maximum Gasteiger partial charge on any atom is 0.242 e. The number of carbonyl (C=O) groups excluding carboxylic acids is 1. The summed E-state index contributed by atoms with van der Waals surface area (Å²) in [6, 6.07) is 13.7. The van der Waals surface area contributed by atoms with Gasteiger partial charge in [0.15, 0.2) is 5.96 Å². The summed E-state index contributed by atoms with van der Waals surface area (Å²) >= 11 is 0. The average molecular weight is 514 g/mol. The lowest BCUT2D eigenvalue weighted by Gasteiger charge is -2.22. The van der Waals surface area contributed by atoms with Crippen molar-refractivity contribution in [1.29, 1.82) is 0 Å². The molecule has 0 bridgehead atoms. The highest BCUT2D eigenvalue weighted by molar-refractivity contribution is 14.0. The number of hydrogen-bond donors (Lipinski definition) is 2. The maximum atomic E-state index is 12.5. The number of furan rings is 1. The van der Waals surface area contributed by atoms with Gasteiger partial charge >= 0.3 is 0 Å². The first-order valence-corrected chi connectivity index (χ1v) is 9.59. The van der Waals surface area contributed by atoms with Gasteiger partial charge in [-0.05, 0) is 31.0 Å². The molecule has 2 rings (SSSR count). The zero-order valence-corrected chi connectivity index (χ0v) is 19.4. The van der Waals surface area contributed by atoms with E-state index in [2.05, 4.69) is 15.6 Å². The quantitative estimate of drug-likeness (QED) is 0.209. The van der Waals surface area contributed by atoms with E-state index in [1.807, 2.05) is 54.3 Å². The monoisotopic (exact) mass is 514 g/mol. The standard InChI is InChI=1S/C21H30N4O3.HI/c1-3-25(16-18-9-5-4-6-10-18)20(26)15-24-21(22-2)23-12-8-13-27-17-19-11-7-14-28-19;/h4-7,9-11,14H,3,8,12-13,15-17H2,1-2H3,(H2,22,23,24);1H. The summed E-state index contributed by atoms with van der Waals surface area (Å²) in [6.45, 7) is 5.25. The Labute approximate surface area is 189 Å². The van der Waals surface area contributed by atoms with Crippen LogP contribution in [0.2, 0.25) is 0 Å². The number of rotatable bonds is 11. The molecule has 0 atom stereocenters. The molecule has 0 saturated carbocycles. The molecule has 0 aliphatic carbocycles. The van der Waals surface area contributed by atoms with Crippen LogP contribution >= 0.6 is 24.0 Å². The molecule has 0 radical (unpaired) electrons. The molecule has 0 fully saturated rings. The van der Waals surface area contributed by atoms with Gasteiger partial charge in [0, 0.05) is 33.3 Å². The molecule has 8 heteroatoms. The zero-order valence-electron chi connectivity index (χ0n) is 17.1. The van der Waals surface area contributed by atoms with Crippen LogP contribution in [0.25, 0.3) is 0 Å². The van der Waals surface area contributed by atoms with Crippen LogP contribution in [0, 0.1) is 0 Å². The van der Waals surface area contributed by atoms with Gasteiger partial charge in [0.1, 0.15) is 12.4 Å². The fourth-order valence-electron chi connectivity index (χ4n) is 2.62. The van der Waals surface area contributed by atoms with Gasteiger partial charge in [-0.15, -0.1) is 24.0 Å². The first-order valence-electron chi connectivity index (χ1n) is 9.59. The van der Waals surface area contributed by atoms with Gasteiger partial charge in [0.05, 0.1) is 12.8 Å². The Kier molecular flexibility index (Phi) is 12.8. The van der Waals surface area contributed by atoms with Crippen LogP contribution in [0.3, 0.4) is 0 Å². The minimum atomic E-state index is 0. The van der Waals surface area contributed by atoms with Crippen molar-refractivity contribution in [1.82, 2.24) is 15.5 Å². The number of amides is 1. The fourth-order valence-corrected chi connectivity index (χ4v) is 2.62. The molecule has 2 aromatic rings. The Morgan fingerprint density at radius 1 is 1.17 bits per heavy atom. The maximum absolute atomic E-state index is 12.5. The number of guanidine groups is 1. The molecule has 0 spiro atoms. The van der Waals surface area contributed by atoms with Gasteiger partial charge in [-0.1, -0.05) is 30.3 Å². The summed E-state index contributed by atoms with van der Waals surface area (Å²) in [5, 5.41) is 6.26. The Bertz CT molecular complexity index is 708. The summed E-state index contributed by atoms with van der Waals surface area (Å²) in [7, 11) is 1.69. The third kappa shape index (κ3) is 9.80. The SMILES string of the molecule is CCN(Cc1ccccc1)C(=O)CNC(=NC)NCCCOCc1ccco1.I. The Morgan fingerprint density at radius 3 is 2.62 bits per heavy atom. The summed E-state index contributed by atoms with van der Waals surface area (Å²) in [4.78, 5) is 18.5. The van der Waals surface area contributed by atoms with Crippen molar-refractivity contribution in [3.8, 4) is 0 Å². The van der Waals surface area contributed by atoms with Crippen LogP contribution in [0.15, 0.2) is 58.1 Å². The first-order chi connectivity index (χ1) is 13.7. The number of halogens is 1. The number of benzene rings is 1. The smallest absolute Gasteiger partial charge is 0.242 e. The van der Waals surface area contributed by atoms with E-state index in [4.69, 9.17) is 9.15 Å². The Balaban J connectivity index is 0.00000420. The molecule has 1 aromatic heterocycles. The Hall–Kier alpha value is -2.07. The van der Waals surface area contributed by atoms with Gasteiger partial charge in [-0.2, -0.15) is 0 Å². The highest BCUT2D eigenvalue weighted by Gasteiger charge is 2.12. The van der Waals surface area contributed by atoms with Crippen molar-refractivity contribution in [2.24, 2.45) is 4.99 Å². The minimum absolute atomic E-state index is 0. The zero-order chi connectivity index (χ0) is 20.0. The summed E-state index contributed by atoms with van der Waals surface area (Å²) in [5.74, 6) is 1.46. The van der Waals surface area contributed by atoms with E-state index in [-0.39, 0.29) is 36.4 Å². The molecule has 29 heavy (non-hydrogen) atoms. The molecule has 0 unspecified atom stereocenters. The average Bonchev–Trinajstić information content (AvgIpc) is 3.25. The van der Waals surface area contributed by atoms with Crippen molar-refractivity contribution in [2.45, 2.75) is 26.5 Å². The van der Waals surface area contributed by atoms with E-state index < -0.39 is 0 Å². The van der Waals surface area contributed by atoms with Crippen molar-refractivity contribution in [3.05, 3.63) is 60.1 Å². The lowest BCUT2D eigenvalue weighted by Crippen LogP contribution is -2.44. The molecule has 160 valence electrons. The number of nitrogens with one attached hydrogen (secondary N) is 2. The largest absolute Gasteiger partial charge is 0.467 e. The molecule has 1 amide bonds. The molecule has 1 aromatic carbocycles. The Morgan fingerprint density at radius 2 is 1.97 bits per heavy atom. The van der Waals surface area contributed by atoms with Crippen LogP contribution in [0.5, 0.6) is 0 Å². The summed E-state index contributed by atoms with van der Waals surface area (Å²) < 4.78 is 10.7. The molecule has 2 N–H and O–H groups in total. The normalized spacial score (nSPS) is 10.9. The molecular formula is C21H31IN4O3. The van der Waals surface area contributed by atoms with Gasteiger partial charge in [0.25, 0.3) is 0 Å². The van der Waals surface area contributed by atoms with Crippen molar-refractivity contribution < 1.29 is 13.9 Å². The second-order valence-corrected chi connectivity index (χ2v) is 6.23. The highest BCUT2D eigenvalue weighted by Crippen LogP contribution is 2.04. The predicted molar refractivity (Wildman–Crippen MR) is 125 cm³/mol.